The lowest BCUT2D eigenvalue weighted by Crippen LogP contribution is -2.56. The maximum Gasteiger partial charge on any atom is 0.396 e. The molecule has 0 bridgehead atoms. The zero-order valence-electron chi connectivity index (χ0n) is 25.0. The van der Waals surface area contributed by atoms with E-state index in [1.807, 2.05) is 13.8 Å². The number of ether oxygens (including phenoxy) is 2. The van der Waals surface area contributed by atoms with E-state index >= 15 is 17.6 Å². The van der Waals surface area contributed by atoms with Gasteiger partial charge in [0, 0.05) is 9.75 Å². The fourth-order valence-corrected chi connectivity index (χ4v) is 8.08. The quantitative estimate of drug-likeness (QED) is 0.198. The first-order chi connectivity index (χ1) is 20.7. The molecule has 2 aliphatic rings. The molecule has 2 heterocycles. The minimum Gasteiger partial charge on any atom is -0.462 e. The van der Waals surface area contributed by atoms with Gasteiger partial charge in [-0.1, -0.05) is 27.7 Å². The number of nitrogens with one attached hydrogen (secondary N) is 2. The zero-order chi connectivity index (χ0) is 32.4. The van der Waals surface area contributed by atoms with E-state index in [0.717, 1.165) is 22.7 Å². The number of hydrogen-bond donors (Lipinski definition) is 2. The molecule has 0 fully saturated rings. The largest absolute Gasteiger partial charge is 0.462 e. The Bertz CT molecular complexity index is 1330. The number of carbonyl (C=O) groups excluding carboxylic acids is 4. The first kappa shape index (κ1) is 33.9. The van der Waals surface area contributed by atoms with Gasteiger partial charge in [0.15, 0.2) is 0 Å². The number of esters is 2. The number of fused-ring (bicyclic) bond motifs is 2. The van der Waals surface area contributed by atoms with Gasteiger partial charge in [-0.25, -0.2) is 9.59 Å². The van der Waals surface area contributed by atoms with Crippen molar-refractivity contribution in [3.8, 4) is 0 Å². The summed E-state index contributed by atoms with van der Waals surface area (Å²) < 4.78 is 71.2. The second kappa shape index (κ2) is 13.6. The molecule has 0 aliphatic heterocycles. The van der Waals surface area contributed by atoms with Gasteiger partial charge in [-0.2, -0.15) is 17.6 Å². The summed E-state index contributed by atoms with van der Waals surface area (Å²) in [5.74, 6) is -17.2. The van der Waals surface area contributed by atoms with E-state index in [0.29, 0.717) is 72.2 Å². The summed E-state index contributed by atoms with van der Waals surface area (Å²) in [6.45, 7) is 7.56. The number of rotatable bonds is 11. The van der Waals surface area contributed by atoms with E-state index in [2.05, 4.69) is 0 Å². The Balaban J connectivity index is 1.60. The first-order valence-corrected chi connectivity index (χ1v) is 16.4. The second-order valence-electron chi connectivity index (χ2n) is 11.4. The van der Waals surface area contributed by atoms with Crippen LogP contribution in [-0.2, 0) is 44.7 Å². The van der Waals surface area contributed by atoms with Crippen molar-refractivity contribution in [1.82, 2.24) is 0 Å². The van der Waals surface area contributed by atoms with Crippen molar-refractivity contribution in [2.24, 2.45) is 11.8 Å². The molecule has 4 rings (SSSR count). The molecule has 44 heavy (non-hydrogen) atoms. The zero-order valence-corrected chi connectivity index (χ0v) is 26.6. The van der Waals surface area contributed by atoms with Gasteiger partial charge in [0.05, 0.1) is 24.3 Å². The molecule has 2 aliphatic carbocycles. The molecule has 2 aromatic rings. The first-order valence-electron chi connectivity index (χ1n) is 14.7. The molecule has 0 saturated carbocycles. The van der Waals surface area contributed by atoms with Gasteiger partial charge in [-0.05, 0) is 74.3 Å². The molecule has 0 spiro atoms. The summed E-state index contributed by atoms with van der Waals surface area (Å²) in [4.78, 5) is 52.5. The van der Waals surface area contributed by atoms with Crippen molar-refractivity contribution in [2.45, 2.75) is 90.9 Å². The molecule has 8 nitrogen and oxygen atoms in total. The van der Waals surface area contributed by atoms with E-state index in [1.54, 1.807) is 24.5 Å². The third-order valence-electron chi connectivity index (χ3n) is 7.72. The van der Waals surface area contributed by atoms with Crippen molar-refractivity contribution in [2.75, 3.05) is 23.8 Å². The highest BCUT2D eigenvalue weighted by Gasteiger charge is 2.67. The third kappa shape index (κ3) is 6.65. The fourth-order valence-electron chi connectivity index (χ4n) is 5.29. The van der Waals surface area contributed by atoms with E-state index in [9.17, 15) is 19.2 Å². The highest BCUT2D eigenvalue weighted by molar-refractivity contribution is 7.17. The molecule has 2 amide bonds. The minimum absolute atomic E-state index is 0.0423. The Labute approximate surface area is 260 Å². The van der Waals surface area contributed by atoms with Crippen LogP contribution in [0.25, 0.3) is 0 Å². The minimum atomic E-state index is -5.52. The monoisotopic (exact) mass is 660 g/mol. The van der Waals surface area contributed by atoms with Crippen LogP contribution in [0.3, 0.4) is 0 Å². The van der Waals surface area contributed by atoms with Crippen LogP contribution < -0.4 is 10.6 Å². The van der Waals surface area contributed by atoms with Gasteiger partial charge in [-0.15, -0.1) is 22.7 Å². The number of anilines is 2. The molecular weight excluding hydrogens is 624 g/mol. The molecule has 2 aromatic heterocycles. The Morgan fingerprint density at radius 3 is 1.43 bits per heavy atom. The van der Waals surface area contributed by atoms with Crippen LogP contribution in [0.2, 0.25) is 0 Å². The molecule has 14 heteroatoms. The molecule has 2 atom stereocenters. The number of carbonyl (C=O) groups is 4. The summed E-state index contributed by atoms with van der Waals surface area (Å²) in [7, 11) is 0. The Morgan fingerprint density at radius 1 is 0.727 bits per heavy atom. The maximum atomic E-state index is 15.2. The van der Waals surface area contributed by atoms with E-state index < -0.39 is 35.6 Å². The molecule has 242 valence electrons. The topological polar surface area (TPSA) is 111 Å². The maximum absolute atomic E-state index is 15.2. The van der Waals surface area contributed by atoms with Gasteiger partial charge in [0.25, 0.3) is 0 Å². The van der Waals surface area contributed by atoms with Crippen LogP contribution in [0.15, 0.2) is 0 Å². The van der Waals surface area contributed by atoms with Crippen LogP contribution >= 0.6 is 22.7 Å². The van der Waals surface area contributed by atoms with Gasteiger partial charge in [0.2, 0.25) is 0 Å². The standard InChI is InChI=1S/C30H36F4N2O6S2/c1-5-11-41-25(37)21-17-9-7-15(3)13-19(17)43-23(21)35-27(39)29(31,32)30(33,34)28(40)36-24-22(26(38)42-12-6-2)18-10-8-16(4)14-20(18)44-24/h15-16H,5-14H2,1-4H3,(H,35,39)(H,36,40). The van der Waals surface area contributed by atoms with Gasteiger partial charge >= 0.3 is 35.6 Å². The van der Waals surface area contributed by atoms with Crippen molar-refractivity contribution in [3.05, 3.63) is 32.0 Å². The highest BCUT2D eigenvalue weighted by Crippen LogP contribution is 2.44. The average molecular weight is 661 g/mol. The normalized spacial score (nSPS) is 18.2. The third-order valence-corrected chi connectivity index (χ3v) is 10.1. The highest BCUT2D eigenvalue weighted by atomic mass is 32.1. The number of alkyl halides is 4. The van der Waals surface area contributed by atoms with Crippen LogP contribution in [0.5, 0.6) is 0 Å². The van der Waals surface area contributed by atoms with Crippen molar-refractivity contribution < 1.29 is 46.2 Å². The summed E-state index contributed by atoms with van der Waals surface area (Å²) in [5, 5.41) is 2.95. The summed E-state index contributed by atoms with van der Waals surface area (Å²) in [6.07, 6.45) is 4.29. The molecule has 0 radical (unpaired) electrons. The summed E-state index contributed by atoms with van der Waals surface area (Å²) in [6, 6.07) is 0. The molecule has 0 saturated heterocycles. The van der Waals surface area contributed by atoms with Crippen LogP contribution in [0.1, 0.15) is 95.0 Å². The van der Waals surface area contributed by atoms with Gasteiger partial charge in [-0.3, -0.25) is 9.59 Å². The predicted molar refractivity (Wildman–Crippen MR) is 159 cm³/mol. The summed E-state index contributed by atoms with van der Waals surface area (Å²) in [5.41, 5.74) is 0.818. The van der Waals surface area contributed by atoms with E-state index in [4.69, 9.17) is 9.47 Å². The van der Waals surface area contributed by atoms with Gasteiger partial charge < -0.3 is 20.1 Å². The molecule has 0 aromatic carbocycles. The van der Waals surface area contributed by atoms with E-state index in [1.165, 1.54) is 0 Å². The summed E-state index contributed by atoms with van der Waals surface area (Å²) >= 11 is 1.72. The lowest BCUT2D eigenvalue weighted by atomic mass is 9.88. The van der Waals surface area contributed by atoms with Crippen LogP contribution in [0.4, 0.5) is 27.6 Å². The fraction of sp³-hybridized carbons (Fsp3) is 0.600. The van der Waals surface area contributed by atoms with Crippen LogP contribution in [0, 0.1) is 11.8 Å². The smallest absolute Gasteiger partial charge is 0.396 e. The van der Waals surface area contributed by atoms with Gasteiger partial charge in [0.1, 0.15) is 10.0 Å². The van der Waals surface area contributed by atoms with Crippen molar-refractivity contribution in [1.29, 1.82) is 0 Å². The molecule has 2 unspecified atom stereocenters. The number of thiophene rings is 2. The number of hydrogen-bond acceptors (Lipinski definition) is 8. The Morgan fingerprint density at radius 2 is 1.09 bits per heavy atom. The average Bonchev–Trinajstić information content (AvgIpc) is 3.50. The van der Waals surface area contributed by atoms with E-state index in [-0.39, 0.29) is 46.2 Å². The predicted octanol–water partition coefficient (Wildman–Crippen LogP) is 7.04. The van der Waals surface area contributed by atoms with Crippen molar-refractivity contribution >= 4 is 56.4 Å². The lowest BCUT2D eigenvalue weighted by molar-refractivity contribution is -0.204. The number of amides is 2. The molecular formula is C30H36F4N2O6S2. The molecule has 2 N–H and O–H groups in total. The Kier molecular flexibility index (Phi) is 10.4. The Hall–Kier alpha value is -3.00. The van der Waals surface area contributed by atoms with Crippen molar-refractivity contribution in [3.63, 3.8) is 0 Å². The van der Waals surface area contributed by atoms with Crippen LogP contribution in [-0.4, -0.2) is 48.8 Å². The second-order valence-corrected chi connectivity index (χ2v) is 13.7. The SMILES string of the molecule is CCCOC(=O)c1c(NC(=O)C(F)(F)C(F)(F)C(=O)Nc2sc3c(c2C(=O)OCCC)CCC(C)C3)sc2c1CCC(C)C2. The lowest BCUT2D eigenvalue weighted by Gasteiger charge is -2.24. The number of halogens is 4.